The van der Waals surface area contributed by atoms with Crippen molar-refractivity contribution < 1.29 is 9.53 Å². The Hall–Kier alpha value is -3.25. The Morgan fingerprint density at radius 2 is 1.85 bits per heavy atom. The molecule has 0 atom stereocenters. The van der Waals surface area contributed by atoms with Crippen LogP contribution in [0.1, 0.15) is 15.9 Å². The van der Waals surface area contributed by atoms with Gasteiger partial charge in [-0.15, -0.1) is 0 Å². The number of carbonyl (C=O) groups excluding carboxylic acids is 1. The number of amides is 1. The molecule has 6 heteroatoms. The van der Waals surface area contributed by atoms with E-state index in [9.17, 15) is 4.79 Å². The van der Waals surface area contributed by atoms with Gasteiger partial charge in [0.25, 0.3) is 5.91 Å². The van der Waals surface area contributed by atoms with Crippen LogP contribution in [-0.2, 0) is 6.54 Å². The molecule has 0 saturated heterocycles. The van der Waals surface area contributed by atoms with Gasteiger partial charge in [-0.05, 0) is 35.9 Å². The molecule has 0 unspecified atom stereocenters. The van der Waals surface area contributed by atoms with Crippen LogP contribution in [0.25, 0.3) is 10.2 Å². The van der Waals surface area contributed by atoms with E-state index in [4.69, 9.17) is 4.74 Å². The van der Waals surface area contributed by atoms with E-state index in [2.05, 4.69) is 9.97 Å². The van der Waals surface area contributed by atoms with Crippen LogP contribution in [-0.4, -0.2) is 23.0 Å². The zero-order valence-corrected chi connectivity index (χ0v) is 15.5. The van der Waals surface area contributed by atoms with E-state index in [0.29, 0.717) is 17.2 Å². The summed E-state index contributed by atoms with van der Waals surface area (Å²) in [7, 11) is 1.64. The van der Waals surface area contributed by atoms with Gasteiger partial charge in [0.1, 0.15) is 5.75 Å². The number of rotatable bonds is 5. The number of anilines is 1. The Labute approximate surface area is 160 Å². The first-order valence-electron chi connectivity index (χ1n) is 8.45. The highest BCUT2D eigenvalue weighted by Gasteiger charge is 2.21. The molecule has 5 nitrogen and oxygen atoms in total. The number of hydrogen-bond acceptors (Lipinski definition) is 5. The minimum atomic E-state index is -0.104. The number of hydrogen-bond donors (Lipinski definition) is 0. The highest BCUT2D eigenvalue weighted by atomic mass is 32.1. The molecule has 2 aromatic heterocycles. The van der Waals surface area contributed by atoms with Crippen LogP contribution in [0.15, 0.2) is 73.1 Å². The van der Waals surface area contributed by atoms with E-state index in [0.717, 1.165) is 21.5 Å². The molecule has 0 radical (unpaired) electrons. The average molecular weight is 375 g/mol. The van der Waals surface area contributed by atoms with Crippen molar-refractivity contribution in [1.29, 1.82) is 0 Å². The standard InChI is InChI=1S/C21H17N3O2S/c1-26-17-7-8-18-19(13-17)27-21(23-18)24(14-15-5-3-2-4-6-15)20(25)16-9-11-22-12-10-16/h2-13H,14H2,1H3. The number of pyridine rings is 1. The maximum Gasteiger partial charge on any atom is 0.260 e. The lowest BCUT2D eigenvalue weighted by atomic mass is 10.2. The van der Waals surface area contributed by atoms with Crippen molar-refractivity contribution in [2.75, 3.05) is 12.0 Å². The average Bonchev–Trinajstić information content (AvgIpc) is 3.15. The van der Waals surface area contributed by atoms with Crippen LogP contribution in [0.2, 0.25) is 0 Å². The van der Waals surface area contributed by atoms with Crippen molar-refractivity contribution in [2.45, 2.75) is 6.54 Å². The largest absolute Gasteiger partial charge is 0.497 e. The second-order valence-corrected chi connectivity index (χ2v) is 6.95. The topological polar surface area (TPSA) is 55.3 Å². The Balaban J connectivity index is 1.76. The van der Waals surface area contributed by atoms with Crippen molar-refractivity contribution in [3.63, 3.8) is 0 Å². The first-order valence-corrected chi connectivity index (χ1v) is 9.26. The van der Waals surface area contributed by atoms with Crippen molar-refractivity contribution in [3.05, 3.63) is 84.2 Å². The molecular weight excluding hydrogens is 358 g/mol. The predicted molar refractivity (Wildman–Crippen MR) is 107 cm³/mol. The molecule has 1 amide bonds. The molecule has 2 aromatic carbocycles. The second-order valence-electron chi connectivity index (χ2n) is 5.94. The van der Waals surface area contributed by atoms with Crippen molar-refractivity contribution in [3.8, 4) is 5.75 Å². The molecule has 0 aliphatic carbocycles. The van der Waals surface area contributed by atoms with E-state index in [1.165, 1.54) is 11.3 Å². The minimum absolute atomic E-state index is 0.104. The summed E-state index contributed by atoms with van der Waals surface area (Å²) in [5.41, 5.74) is 2.46. The summed E-state index contributed by atoms with van der Waals surface area (Å²) in [5, 5.41) is 0.656. The minimum Gasteiger partial charge on any atom is -0.497 e. The highest BCUT2D eigenvalue weighted by molar-refractivity contribution is 7.22. The van der Waals surface area contributed by atoms with Gasteiger partial charge in [0.2, 0.25) is 0 Å². The number of nitrogens with zero attached hydrogens (tertiary/aromatic N) is 3. The monoisotopic (exact) mass is 375 g/mol. The number of ether oxygens (including phenoxy) is 1. The fourth-order valence-corrected chi connectivity index (χ4v) is 3.77. The Morgan fingerprint density at radius 3 is 2.59 bits per heavy atom. The van der Waals surface area contributed by atoms with Crippen LogP contribution in [0, 0.1) is 0 Å². The number of methoxy groups -OCH3 is 1. The van der Waals surface area contributed by atoms with Crippen LogP contribution in [0.3, 0.4) is 0 Å². The van der Waals surface area contributed by atoms with Crippen LogP contribution in [0.4, 0.5) is 5.13 Å². The summed E-state index contributed by atoms with van der Waals surface area (Å²) in [6.07, 6.45) is 3.24. The van der Waals surface area contributed by atoms with E-state index in [-0.39, 0.29) is 5.91 Å². The molecule has 0 N–H and O–H groups in total. The van der Waals surface area contributed by atoms with Gasteiger partial charge in [-0.3, -0.25) is 14.7 Å². The van der Waals surface area contributed by atoms with E-state index < -0.39 is 0 Å². The quantitative estimate of drug-likeness (QED) is 0.514. The predicted octanol–water partition coefficient (Wildman–Crippen LogP) is 4.55. The fraction of sp³-hybridized carbons (Fsp3) is 0.0952. The van der Waals surface area contributed by atoms with E-state index >= 15 is 0 Å². The third kappa shape index (κ3) is 3.66. The molecule has 4 rings (SSSR count). The third-order valence-electron chi connectivity index (χ3n) is 4.17. The maximum absolute atomic E-state index is 13.2. The number of aromatic nitrogens is 2. The van der Waals surface area contributed by atoms with Gasteiger partial charge in [-0.1, -0.05) is 41.7 Å². The van der Waals surface area contributed by atoms with E-state index in [1.54, 1.807) is 36.5 Å². The Kier molecular flexibility index (Phi) is 4.80. The van der Waals surface area contributed by atoms with Crippen LogP contribution < -0.4 is 9.64 Å². The van der Waals surface area contributed by atoms with Gasteiger partial charge in [0.15, 0.2) is 5.13 Å². The summed E-state index contributed by atoms with van der Waals surface area (Å²) < 4.78 is 6.27. The summed E-state index contributed by atoms with van der Waals surface area (Å²) in [6, 6.07) is 19.1. The van der Waals surface area contributed by atoms with Gasteiger partial charge in [-0.25, -0.2) is 4.98 Å². The summed E-state index contributed by atoms with van der Waals surface area (Å²) in [5.74, 6) is 0.667. The lowest BCUT2D eigenvalue weighted by Crippen LogP contribution is -2.30. The van der Waals surface area contributed by atoms with Gasteiger partial charge in [0, 0.05) is 18.0 Å². The number of benzene rings is 2. The second kappa shape index (κ2) is 7.55. The molecule has 0 bridgehead atoms. The first kappa shape index (κ1) is 17.2. The van der Waals surface area contributed by atoms with Gasteiger partial charge >= 0.3 is 0 Å². The molecule has 134 valence electrons. The summed E-state index contributed by atoms with van der Waals surface area (Å²) in [4.78, 5) is 23.6. The highest BCUT2D eigenvalue weighted by Crippen LogP contribution is 2.33. The molecule has 0 saturated carbocycles. The number of fused-ring (bicyclic) bond motifs is 1. The lowest BCUT2D eigenvalue weighted by Gasteiger charge is -2.20. The van der Waals surface area contributed by atoms with Crippen LogP contribution >= 0.6 is 11.3 Å². The van der Waals surface area contributed by atoms with Crippen LogP contribution in [0.5, 0.6) is 5.75 Å². The molecule has 0 spiro atoms. The van der Waals surface area contributed by atoms with Gasteiger partial charge in [-0.2, -0.15) is 0 Å². The molecule has 0 fully saturated rings. The Morgan fingerprint density at radius 1 is 1.07 bits per heavy atom. The number of carbonyl (C=O) groups is 1. The normalized spacial score (nSPS) is 10.7. The number of thiazole rings is 1. The Bertz CT molecular complexity index is 1060. The fourth-order valence-electron chi connectivity index (χ4n) is 2.78. The molecule has 2 heterocycles. The zero-order valence-electron chi connectivity index (χ0n) is 14.7. The molecule has 4 aromatic rings. The summed E-state index contributed by atoms with van der Waals surface area (Å²) in [6.45, 7) is 0.443. The van der Waals surface area contributed by atoms with Crippen molar-refractivity contribution in [2.24, 2.45) is 0 Å². The van der Waals surface area contributed by atoms with Gasteiger partial charge < -0.3 is 4.74 Å². The van der Waals surface area contributed by atoms with Gasteiger partial charge in [0.05, 0.1) is 23.9 Å². The van der Waals surface area contributed by atoms with Crippen molar-refractivity contribution in [1.82, 2.24) is 9.97 Å². The molecule has 27 heavy (non-hydrogen) atoms. The third-order valence-corrected chi connectivity index (χ3v) is 5.21. The molecule has 0 aliphatic rings. The first-order chi connectivity index (χ1) is 13.2. The van der Waals surface area contributed by atoms with Crippen molar-refractivity contribution >= 4 is 32.6 Å². The zero-order chi connectivity index (χ0) is 18.6. The SMILES string of the molecule is COc1ccc2nc(N(Cc3ccccc3)C(=O)c3ccncc3)sc2c1. The lowest BCUT2D eigenvalue weighted by molar-refractivity contribution is 0.0985. The smallest absolute Gasteiger partial charge is 0.260 e. The summed E-state index contributed by atoms with van der Waals surface area (Å²) >= 11 is 1.48. The van der Waals surface area contributed by atoms with E-state index in [1.807, 2.05) is 48.5 Å². The molecule has 0 aliphatic heterocycles. The molecular formula is C21H17N3O2S. The maximum atomic E-state index is 13.2.